The average Bonchev–Trinajstić information content (AvgIpc) is 2.52. The first kappa shape index (κ1) is 17.5. The molecule has 0 aliphatic carbocycles. The maximum Gasteiger partial charge on any atom is 0.183 e. The number of fused-ring (bicyclic) bond motifs is 1. The molecule has 0 radical (unpaired) electrons. The van der Waals surface area contributed by atoms with Crippen molar-refractivity contribution in [2.75, 3.05) is 0 Å². The van der Waals surface area contributed by atoms with Gasteiger partial charge in [-0.1, -0.05) is 46.6 Å². The van der Waals surface area contributed by atoms with E-state index in [1.54, 1.807) is 30.3 Å². The number of aliphatic imine (C=N–C) groups is 1. The molecule has 1 unspecified atom stereocenters. The number of hydrogen-bond acceptors (Lipinski definition) is 4. The summed E-state index contributed by atoms with van der Waals surface area (Å²) in [6.45, 7) is 1.37. The molecule has 1 aliphatic rings. The zero-order valence-corrected chi connectivity index (χ0v) is 15.4. The predicted molar refractivity (Wildman–Crippen MR) is 99.4 cm³/mol. The van der Waals surface area contributed by atoms with Crippen LogP contribution in [0.25, 0.3) is 0 Å². The maximum absolute atomic E-state index is 12.8. The number of benzene rings is 2. The Bertz CT molecular complexity index is 878. The summed E-state index contributed by atoms with van der Waals surface area (Å²) in [6, 6.07) is 10.2. The van der Waals surface area contributed by atoms with Crippen molar-refractivity contribution in [1.29, 1.82) is 0 Å². The predicted octanol–water partition coefficient (Wildman–Crippen LogP) is 5.87. The smallest absolute Gasteiger partial charge is 0.183 e. The summed E-state index contributed by atoms with van der Waals surface area (Å²) in [4.78, 5) is 30.1. The fourth-order valence-corrected chi connectivity index (χ4v) is 3.99. The summed E-state index contributed by atoms with van der Waals surface area (Å²) in [5.74, 6) is -1.65. The lowest BCUT2D eigenvalue weighted by atomic mass is 9.91. The fourth-order valence-electron chi connectivity index (χ4n) is 2.38. The number of rotatable bonds is 2. The average molecular weight is 399 g/mol. The summed E-state index contributed by atoms with van der Waals surface area (Å²) in [6.07, 6.45) is 0. The Hall–Kier alpha value is -1.33. The first-order chi connectivity index (χ1) is 11.4. The van der Waals surface area contributed by atoms with Crippen LogP contribution in [-0.4, -0.2) is 16.6 Å². The minimum absolute atomic E-state index is 0.199. The Morgan fingerprint density at radius 1 is 1.04 bits per heavy atom. The highest BCUT2D eigenvalue weighted by atomic mass is 35.5. The minimum atomic E-state index is -0.978. The van der Waals surface area contributed by atoms with Gasteiger partial charge in [0.2, 0.25) is 0 Å². The van der Waals surface area contributed by atoms with Crippen LogP contribution in [0.1, 0.15) is 17.3 Å². The van der Waals surface area contributed by atoms with E-state index in [4.69, 9.17) is 34.8 Å². The molecule has 122 valence electrons. The van der Waals surface area contributed by atoms with E-state index in [2.05, 4.69) is 4.99 Å². The van der Waals surface area contributed by atoms with Crippen LogP contribution in [0.3, 0.4) is 0 Å². The number of ketones is 2. The van der Waals surface area contributed by atoms with Crippen LogP contribution >= 0.6 is 46.6 Å². The summed E-state index contributed by atoms with van der Waals surface area (Å²) >= 11 is 19.4. The second-order valence-corrected chi connectivity index (χ2v) is 7.51. The molecule has 24 heavy (non-hydrogen) atoms. The molecule has 1 aliphatic heterocycles. The molecular formula is C17H10Cl3NO2S. The van der Waals surface area contributed by atoms with E-state index in [-0.39, 0.29) is 22.2 Å². The Labute approximate surface area is 158 Å². The third kappa shape index (κ3) is 3.24. The quantitative estimate of drug-likeness (QED) is 0.594. The van der Waals surface area contributed by atoms with Crippen molar-refractivity contribution in [2.45, 2.75) is 11.8 Å². The highest BCUT2D eigenvalue weighted by Crippen LogP contribution is 2.42. The van der Waals surface area contributed by atoms with Crippen LogP contribution in [0.4, 0.5) is 5.69 Å². The lowest BCUT2D eigenvalue weighted by Crippen LogP contribution is -2.31. The van der Waals surface area contributed by atoms with Gasteiger partial charge in [0.15, 0.2) is 5.78 Å². The molecule has 3 rings (SSSR count). The Morgan fingerprint density at radius 2 is 1.67 bits per heavy atom. The fraction of sp³-hybridized carbons (Fsp3) is 0.118. The van der Waals surface area contributed by atoms with Crippen LogP contribution in [0.2, 0.25) is 15.1 Å². The SMILES string of the molecule is CC(=O)C1C(=O)c2c(Cl)ccc(Cl)c2N=C1Sc1ccc(Cl)cc1. The summed E-state index contributed by atoms with van der Waals surface area (Å²) in [5.41, 5.74) is 0.507. The first-order valence-corrected chi connectivity index (χ1v) is 8.88. The van der Waals surface area contributed by atoms with E-state index in [1.807, 2.05) is 0 Å². The second kappa shape index (κ2) is 6.89. The lowest BCUT2D eigenvalue weighted by molar-refractivity contribution is -0.117. The maximum atomic E-state index is 12.8. The number of Topliss-reactive ketones (excluding diaryl/α,β-unsaturated/α-hetero) is 2. The van der Waals surface area contributed by atoms with E-state index in [1.165, 1.54) is 24.8 Å². The zero-order chi connectivity index (χ0) is 17.4. The molecule has 1 heterocycles. The standard InChI is InChI=1S/C17H10Cl3NO2S/c1-8(22)13-16(23)14-11(19)6-7-12(20)15(14)21-17(13)24-10-4-2-9(18)3-5-10/h2-7,13H,1H3. The molecule has 3 nitrogen and oxygen atoms in total. The van der Waals surface area contributed by atoms with Gasteiger partial charge in [-0.2, -0.15) is 0 Å². The van der Waals surface area contributed by atoms with Gasteiger partial charge in [-0.15, -0.1) is 0 Å². The van der Waals surface area contributed by atoms with Crippen molar-refractivity contribution < 1.29 is 9.59 Å². The molecule has 1 atom stereocenters. The van der Waals surface area contributed by atoms with Crippen LogP contribution in [0, 0.1) is 5.92 Å². The highest BCUT2D eigenvalue weighted by molar-refractivity contribution is 8.14. The van der Waals surface area contributed by atoms with Crippen molar-refractivity contribution in [3.8, 4) is 0 Å². The second-order valence-electron chi connectivity index (χ2n) is 5.17. The van der Waals surface area contributed by atoms with Crippen molar-refractivity contribution >= 4 is 68.9 Å². The summed E-state index contributed by atoms with van der Waals surface area (Å²) in [7, 11) is 0. The van der Waals surface area contributed by atoms with E-state index < -0.39 is 5.92 Å². The van der Waals surface area contributed by atoms with Gasteiger partial charge in [0, 0.05) is 9.92 Å². The molecule has 2 aromatic carbocycles. The van der Waals surface area contributed by atoms with Crippen LogP contribution in [-0.2, 0) is 4.79 Å². The number of carbonyl (C=O) groups is 2. The van der Waals surface area contributed by atoms with Gasteiger partial charge < -0.3 is 0 Å². The number of thioether (sulfide) groups is 1. The van der Waals surface area contributed by atoms with Crippen molar-refractivity contribution in [2.24, 2.45) is 10.9 Å². The van der Waals surface area contributed by atoms with Crippen LogP contribution in [0.15, 0.2) is 46.3 Å². The van der Waals surface area contributed by atoms with Gasteiger partial charge in [-0.3, -0.25) is 9.59 Å². The highest BCUT2D eigenvalue weighted by Gasteiger charge is 2.37. The zero-order valence-electron chi connectivity index (χ0n) is 12.3. The number of carbonyl (C=O) groups excluding carboxylic acids is 2. The van der Waals surface area contributed by atoms with Gasteiger partial charge in [0.1, 0.15) is 11.7 Å². The van der Waals surface area contributed by atoms with Gasteiger partial charge in [0.25, 0.3) is 0 Å². The normalized spacial score (nSPS) is 16.6. The van der Waals surface area contributed by atoms with Crippen molar-refractivity contribution in [3.05, 3.63) is 57.0 Å². The minimum Gasteiger partial charge on any atom is -0.299 e. The molecule has 0 N–H and O–H groups in total. The molecule has 0 aromatic heterocycles. The van der Waals surface area contributed by atoms with E-state index >= 15 is 0 Å². The molecule has 0 saturated heterocycles. The van der Waals surface area contributed by atoms with Gasteiger partial charge in [0.05, 0.1) is 26.3 Å². The van der Waals surface area contributed by atoms with Crippen molar-refractivity contribution in [1.82, 2.24) is 0 Å². The van der Waals surface area contributed by atoms with Gasteiger partial charge in [-0.25, -0.2) is 4.99 Å². The monoisotopic (exact) mass is 397 g/mol. The third-order valence-electron chi connectivity index (χ3n) is 3.50. The molecule has 0 saturated carbocycles. The first-order valence-electron chi connectivity index (χ1n) is 6.93. The van der Waals surface area contributed by atoms with Gasteiger partial charge >= 0.3 is 0 Å². The Kier molecular flexibility index (Phi) is 5.02. The number of hydrogen-bond donors (Lipinski definition) is 0. The number of nitrogens with zero attached hydrogens (tertiary/aromatic N) is 1. The number of halogens is 3. The van der Waals surface area contributed by atoms with E-state index in [0.29, 0.717) is 20.8 Å². The lowest BCUT2D eigenvalue weighted by Gasteiger charge is -2.22. The third-order valence-corrected chi connectivity index (χ3v) is 5.41. The molecule has 2 aromatic rings. The summed E-state index contributed by atoms with van der Waals surface area (Å²) in [5, 5.41) is 1.54. The topological polar surface area (TPSA) is 46.5 Å². The Morgan fingerprint density at radius 3 is 2.29 bits per heavy atom. The van der Waals surface area contributed by atoms with Crippen LogP contribution in [0.5, 0.6) is 0 Å². The molecule has 0 amide bonds. The van der Waals surface area contributed by atoms with E-state index in [0.717, 1.165) is 4.90 Å². The molecule has 7 heteroatoms. The largest absolute Gasteiger partial charge is 0.299 e. The van der Waals surface area contributed by atoms with E-state index in [9.17, 15) is 9.59 Å². The van der Waals surface area contributed by atoms with Crippen molar-refractivity contribution in [3.63, 3.8) is 0 Å². The Balaban J connectivity index is 2.12. The molecule has 0 fully saturated rings. The molecular weight excluding hydrogens is 389 g/mol. The molecule has 0 bridgehead atoms. The summed E-state index contributed by atoms with van der Waals surface area (Å²) < 4.78 is 0. The van der Waals surface area contributed by atoms with Crippen LogP contribution < -0.4 is 0 Å². The molecule has 0 spiro atoms. The van der Waals surface area contributed by atoms with Gasteiger partial charge in [-0.05, 0) is 43.3 Å².